The number of nitrogens with zero attached hydrogens (tertiary/aromatic N) is 1. The van der Waals surface area contributed by atoms with Gasteiger partial charge in [-0.1, -0.05) is 22.6 Å². The second kappa shape index (κ2) is 4.32. The van der Waals surface area contributed by atoms with E-state index >= 15 is 0 Å². The summed E-state index contributed by atoms with van der Waals surface area (Å²) in [5.41, 5.74) is 2.44. The van der Waals surface area contributed by atoms with Gasteiger partial charge in [-0.3, -0.25) is 10.2 Å². The molecular formula is C3H7IN2O. The number of hydrogen-bond donors (Lipinski definition) is 1. The summed E-state index contributed by atoms with van der Waals surface area (Å²) in [6.07, 6.45) is 0.651. The molecule has 0 radical (unpaired) electrons. The van der Waals surface area contributed by atoms with E-state index in [4.69, 9.17) is 0 Å². The Morgan fingerprint density at radius 2 is 2.57 bits per heavy atom. The standard InChI is InChI=1S/C3H7IN2O/c1-6(2-4)5-3-7/h3H,2H2,1H3,(H,5,7). The van der Waals surface area contributed by atoms with Gasteiger partial charge in [0.05, 0.1) is 4.55 Å². The van der Waals surface area contributed by atoms with E-state index in [1.165, 1.54) is 0 Å². The molecule has 0 aromatic rings. The van der Waals surface area contributed by atoms with Crippen molar-refractivity contribution in [1.29, 1.82) is 0 Å². The Labute approximate surface area is 56.2 Å². The minimum Gasteiger partial charge on any atom is -0.291 e. The number of amides is 1. The maximum Gasteiger partial charge on any atom is 0.221 e. The van der Waals surface area contributed by atoms with E-state index in [9.17, 15) is 4.79 Å². The molecule has 4 heteroatoms. The molecule has 3 nitrogen and oxygen atoms in total. The van der Waals surface area contributed by atoms with Crippen molar-refractivity contribution in [3.05, 3.63) is 0 Å². The fourth-order valence-electron chi connectivity index (χ4n) is 0.124. The third kappa shape index (κ3) is 4.00. The molecule has 1 N–H and O–H groups in total. The van der Waals surface area contributed by atoms with Gasteiger partial charge < -0.3 is 0 Å². The van der Waals surface area contributed by atoms with E-state index in [-0.39, 0.29) is 0 Å². The summed E-state index contributed by atoms with van der Waals surface area (Å²) in [5.74, 6) is 0. The van der Waals surface area contributed by atoms with Gasteiger partial charge in [0.25, 0.3) is 0 Å². The summed E-state index contributed by atoms with van der Waals surface area (Å²) in [6, 6.07) is 0. The largest absolute Gasteiger partial charge is 0.291 e. The Kier molecular flexibility index (Phi) is 4.42. The van der Waals surface area contributed by atoms with Gasteiger partial charge in [-0.25, -0.2) is 5.01 Å². The minimum absolute atomic E-state index is 0.651. The van der Waals surface area contributed by atoms with E-state index in [1.54, 1.807) is 12.1 Å². The van der Waals surface area contributed by atoms with Crippen molar-refractivity contribution < 1.29 is 4.79 Å². The van der Waals surface area contributed by atoms with E-state index < -0.39 is 0 Å². The highest BCUT2D eigenvalue weighted by atomic mass is 127. The van der Waals surface area contributed by atoms with Crippen LogP contribution in [0.1, 0.15) is 0 Å². The van der Waals surface area contributed by atoms with Gasteiger partial charge in [0.1, 0.15) is 0 Å². The molecule has 7 heavy (non-hydrogen) atoms. The normalized spacial score (nSPS) is 9.00. The highest BCUT2D eigenvalue weighted by Crippen LogP contribution is 1.80. The molecule has 0 spiro atoms. The molecule has 0 fully saturated rings. The summed E-state index contributed by atoms with van der Waals surface area (Å²) in [5, 5.41) is 1.67. The number of carbonyl (C=O) groups excluding carboxylic acids is 1. The zero-order chi connectivity index (χ0) is 5.70. The van der Waals surface area contributed by atoms with Crippen molar-refractivity contribution in [2.45, 2.75) is 0 Å². The first-order valence-electron chi connectivity index (χ1n) is 1.78. The van der Waals surface area contributed by atoms with Crippen LogP contribution < -0.4 is 5.43 Å². The van der Waals surface area contributed by atoms with E-state index in [0.29, 0.717) is 6.41 Å². The average Bonchev–Trinajstić information content (AvgIpc) is 1.68. The van der Waals surface area contributed by atoms with Gasteiger partial charge in [0.15, 0.2) is 0 Å². The molecule has 0 rings (SSSR count). The Morgan fingerprint density at radius 3 is 2.71 bits per heavy atom. The molecule has 0 saturated carbocycles. The zero-order valence-corrected chi connectivity index (χ0v) is 6.18. The van der Waals surface area contributed by atoms with Gasteiger partial charge in [0.2, 0.25) is 6.41 Å². The van der Waals surface area contributed by atoms with Crippen LogP contribution in [0.5, 0.6) is 0 Å². The molecule has 0 saturated heterocycles. The number of carbonyl (C=O) groups is 1. The van der Waals surface area contributed by atoms with Crippen molar-refractivity contribution in [3.8, 4) is 0 Å². The van der Waals surface area contributed by atoms with Gasteiger partial charge in [0, 0.05) is 7.05 Å². The molecule has 0 heterocycles. The van der Waals surface area contributed by atoms with Crippen LogP contribution in [-0.4, -0.2) is 23.0 Å². The molecule has 1 amide bonds. The molecule has 0 bridgehead atoms. The maximum atomic E-state index is 9.62. The molecule has 0 aromatic carbocycles. The van der Waals surface area contributed by atoms with Gasteiger partial charge in [-0.2, -0.15) is 0 Å². The lowest BCUT2D eigenvalue weighted by atomic mass is 11.1. The van der Waals surface area contributed by atoms with Crippen molar-refractivity contribution in [2.24, 2.45) is 0 Å². The average molecular weight is 214 g/mol. The first kappa shape index (κ1) is 7.16. The fourth-order valence-corrected chi connectivity index (χ4v) is 0.321. The summed E-state index contributed by atoms with van der Waals surface area (Å²) in [7, 11) is 1.79. The van der Waals surface area contributed by atoms with Crippen LogP contribution in [-0.2, 0) is 4.79 Å². The highest BCUT2D eigenvalue weighted by Gasteiger charge is 1.84. The predicted molar refractivity (Wildman–Crippen MR) is 35.8 cm³/mol. The number of hydrazine groups is 1. The molecule has 0 unspecified atom stereocenters. The third-order valence-electron chi connectivity index (χ3n) is 0.452. The van der Waals surface area contributed by atoms with Crippen LogP contribution in [0.3, 0.4) is 0 Å². The Bertz CT molecular complexity index is 58.9. The Balaban J connectivity index is 2.98. The maximum absolute atomic E-state index is 9.62. The fraction of sp³-hybridized carbons (Fsp3) is 0.667. The second-order valence-electron chi connectivity index (χ2n) is 1.06. The topological polar surface area (TPSA) is 32.3 Å². The number of hydrogen-bond acceptors (Lipinski definition) is 2. The predicted octanol–water partition coefficient (Wildman–Crippen LogP) is -0.0283. The smallest absolute Gasteiger partial charge is 0.221 e. The lowest BCUT2D eigenvalue weighted by Gasteiger charge is -2.08. The SMILES string of the molecule is CN(CI)NC=O. The van der Waals surface area contributed by atoms with Crippen LogP contribution in [0.2, 0.25) is 0 Å². The molecule has 0 aliphatic heterocycles. The second-order valence-corrected chi connectivity index (χ2v) is 1.75. The third-order valence-corrected chi connectivity index (χ3v) is 1.48. The van der Waals surface area contributed by atoms with Crippen LogP contribution in [0.25, 0.3) is 0 Å². The number of nitrogens with one attached hydrogen (secondary N) is 1. The number of halogens is 1. The Morgan fingerprint density at radius 1 is 2.00 bits per heavy atom. The minimum atomic E-state index is 0.651. The summed E-state index contributed by atoms with van der Waals surface area (Å²) in [6.45, 7) is 0. The van der Waals surface area contributed by atoms with Crippen LogP contribution in [0.4, 0.5) is 0 Å². The summed E-state index contributed by atoms with van der Waals surface area (Å²) < 4.78 is 0.802. The molecule has 0 aliphatic rings. The molecule has 0 aromatic heterocycles. The van der Waals surface area contributed by atoms with Crippen LogP contribution in [0.15, 0.2) is 0 Å². The van der Waals surface area contributed by atoms with Crippen molar-refractivity contribution in [1.82, 2.24) is 10.4 Å². The van der Waals surface area contributed by atoms with Gasteiger partial charge in [-0.05, 0) is 0 Å². The lowest BCUT2D eigenvalue weighted by molar-refractivity contribution is -0.112. The molecule has 0 atom stereocenters. The van der Waals surface area contributed by atoms with Crippen LogP contribution in [0, 0.1) is 0 Å². The highest BCUT2D eigenvalue weighted by molar-refractivity contribution is 14.1. The van der Waals surface area contributed by atoms with E-state index in [1.807, 2.05) is 0 Å². The van der Waals surface area contributed by atoms with Crippen LogP contribution >= 0.6 is 22.6 Å². The summed E-state index contributed by atoms with van der Waals surface area (Å²) in [4.78, 5) is 9.62. The van der Waals surface area contributed by atoms with E-state index in [2.05, 4.69) is 28.0 Å². The quantitative estimate of drug-likeness (QED) is 0.235. The first-order chi connectivity index (χ1) is 3.31. The first-order valence-corrected chi connectivity index (χ1v) is 3.30. The molecule has 42 valence electrons. The number of alkyl halides is 1. The lowest BCUT2D eigenvalue weighted by Crippen LogP contribution is -2.31. The van der Waals surface area contributed by atoms with Crippen molar-refractivity contribution in [2.75, 3.05) is 11.6 Å². The van der Waals surface area contributed by atoms with Crippen molar-refractivity contribution >= 4 is 29.0 Å². The van der Waals surface area contributed by atoms with Crippen molar-refractivity contribution in [3.63, 3.8) is 0 Å². The van der Waals surface area contributed by atoms with Gasteiger partial charge in [-0.15, -0.1) is 0 Å². The van der Waals surface area contributed by atoms with E-state index in [0.717, 1.165) is 4.55 Å². The summed E-state index contributed by atoms with van der Waals surface area (Å²) >= 11 is 2.14. The molecule has 0 aliphatic carbocycles. The monoisotopic (exact) mass is 214 g/mol. The zero-order valence-electron chi connectivity index (χ0n) is 4.02. The Hall–Kier alpha value is 0.160. The number of rotatable bonds is 3. The van der Waals surface area contributed by atoms with Gasteiger partial charge >= 0.3 is 0 Å². The molecular weight excluding hydrogens is 207 g/mol.